The van der Waals surface area contributed by atoms with Crippen LogP contribution in [0.1, 0.15) is 29.5 Å². The zero-order valence-electron chi connectivity index (χ0n) is 14.3. The van der Waals surface area contributed by atoms with Gasteiger partial charge in [-0.05, 0) is 19.9 Å². The van der Waals surface area contributed by atoms with E-state index in [0.29, 0.717) is 5.13 Å². The summed E-state index contributed by atoms with van der Waals surface area (Å²) in [6, 6.07) is 1.54. The number of aromatic nitrogens is 5. The molecule has 0 aliphatic heterocycles. The average Bonchev–Trinajstić information content (AvgIpc) is 3.32. The fourth-order valence-electron chi connectivity index (χ4n) is 2.36. The average molecular weight is 374 g/mol. The number of amides is 1. The first-order chi connectivity index (χ1) is 12.5. The summed E-state index contributed by atoms with van der Waals surface area (Å²) in [6.07, 6.45) is 3.46. The van der Waals surface area contributed by atoms with Crippen molar-refractivity contribution in [3.05, 3.63) is 35.2 Å². The van der Waals surface area contributed by atoms with Gasteiger partial charge in [0, 0.05) is 29.9 Å². The largest absolute Gasteiger partial charge is 0.481 e. The number of nitrogens with one attached hydrogen (secondary N) is 1. The van der Waals surface area contributed by atoms with Gasteiger partial charge >= 0.3 is 5.97 Å². The minimum atomic E-state index is -0.913. The van der Waals surface area contributed by atoms with E-state index in [1.165, 1.54) is 16.0 Å². The Bertz CT molecular complexity index is 942. The molecule has 0 bridgehead atoms. The number of carboxylic acid groups (broad SMARTS) is 1. The first-order valence-electron chi connectivity index (χ1n) is 8.02. The first-order valence-corrected chi connectivity index (χ1v) is 8.90. The second-order valence-electron chi connectivity index (χ2n) is 5.58. The van der Waals surface area contributed by atoms with E-state index in [9.17, 15) is 9.59 Å². The van der Waals surface area contributed by atoms with Crippen LogP contribution in [0.5, 0.6) is 0 Å². The monoisotopic (exact) mass is 374 g/mol. The van der Waals surface area contributed by atoms with Gasteiger partial charge in [0.25, 0.3) is 5.91 Å². The van der Waals surface area contributed by atoms with Crippen LogP contribution in [0.15, 0.2) is 23.8 Å². The number of carboxylic acids is 1. The number of aliphatic carboxylic acids is 1. The molecule has 0 atom stereocenters. The van der Waals surface area contributed by atoms with Gasteiger partial charge in [0.2, 0.25) is 0 Å². The Labute approximate surface area is 153 Å². The molecule has 26 heavy (non-hydrogen) atoms. The van der Waals surface area contributed by atoms with E-state index in [4.69, 9.17) is 5.11 Å². The number of hydrogen-bond acceptors (Lipinski definition) is 6. The van der Waals surface area contributed by atoms with Gasteiger partial charge in [0.15, 0.2) is 10.8 Å². The number of rotatable bonds is 7. The summed E-state index contributed by atoms with van der Waals surface area (Å²) < 4.78 is 3.27. The third-order valence-corrected chi connectivity index (χ3v) is 4.46. The molecule has 0 saturated carbocycles. The molecule has 0 spiro atoms. The van der Waals surface area contributed by atoms with Crippen molar-refractivity contribution >= 4 is 28.3 Å². The Kier molecular flexibility index (Phi) is 5.12. The molecule has 0 unspecified atom stereocenters. The zero-order chi connectivity index (χ0) is 18.7. The number of hydrogen-bond donors (Lipinski definition) is 2. The third kappa shape index (κ3) is 3.97. The van der Waals surface area contributed by atoms with Crippen LogP contribution >= 0.6 is 11.3 Å². The molecule has 0 saturated heterocycles. The minimum absolute atomic E-state index is 0.0522. The molecule has 2 N–H and O–H groups in total. The summed E-state index contributed by atoms with van der Waals surface area (Å²) in [4.78, 5) is 27.3. The lowest BCUT2D eigenvalue weighted by molar-refractivity contribution is -0.137. The smallest absolute Gasteiger partial charge is 0.305 e. The highest BCUT2D eigenvalue weighted by molar-refractivity contribution is 7.14. The van der Waals surface area contributed by atoms with Crippen LogP contribution in [0.2, 0.25) is 0 Å². The van der Waals surface area contributed by atoms with Gasteiger partial charge in [-0.2, -0.15) is 10.2 Å². The van der Waals surface area contributed by atoms with Crippen molar-refractivity contribution in [2.75, 3.05) is 5.32 Å². The molecule has 0 aliphatic rings. The van der Waals surface area contributed by atoms with Gasteiger partial charge in [-0.1, -0.05) is 0 Å². The molecule has 1 amide bonds. The van der Waals surface area contributed by atoms with Gasteiger partial charge in [0.05, 0.1) is 24.4 Å². The number of thiazole rings is 1. The standard InChI is InChI=1S/C16H18N6O3S/c1-3-21-8-11(10(2)19-21)13-9-26-16(17-13)18-15(25)12-4-6-22(20-12)7-5-14(23)24/h4,6,8-9H,3,5,7H2,1-2H3,(H,23,24)(H,17,18,25). The van der Waals surface area contributed by atoms with Gasteiger partial charge in [0.1, 0.15) is 0 Å². The molecule has 0 aromatic carbocycles. The van der Waals surface area contributed by atoms with E-state index in [0.717, 1.165) is 23.5 Å². The van der Waals surface area contributed by atoms with Crippen LogP contribution < -0.4 is 5.32 Å². The van der Waals surface area contributed by atoms with Crippen molar-refractivity contribution < 1.29 is 14.7 Å². The molecule has 3 rings (SSSR count). The van der Waals surface area contributed by atoms with Crippen LogP contribution in [0.4, 0.5) is 5.13 Å². The zero-order valence-corrected chi connectivity index (χ0v) is 15.2. The molecule has 0 fully saturated rings. The van der Waals surface area contributed by atoms with Crippen molar-refractivity contribution in [1.29, 1.82) is 0 Å². The van der Waals surface area contributed by atoms with Gasteiger partial charge in [-0.25, -0.2) is 4.98 Å². The Morgan fingerprint density at radius 1 is 1.31 bits per heavy atom. The maximum Gasteiger partial charge on any atom is 0.305 e. The number of aryl methyl sites for hydroxylation is 3. The fraction of sp³-hybridized carbons (Fsp3) is 0.312. The highest BCUT2D eigenvalue weighted by Gasteiger charge is 2.15. The van der Waals surface area contributed by atoms with Crippen molar-refractivity contribution in [3.8, 4) is 11.3 Å². The van der Waals surface area contributed by atoms with Crippen LogP contribution in [0.3, 0.4) is 0 Å². The molecular weight excluding hydrogens is 356 g/mol. The van der Waals surface area contributed by atoms with E-state index < -0.39 is 5.97 Å². The molecule has 0 aliphatic carbocycles. The second kappa shape index (κ2) is 7.48. The SMILES string of the molecule is CCn1cc(-c2csc(NC(=O)c3ccn(CCC(=O)O)n3)n2)c(C)n1. The maximum atomic E-state index is 12.3. The molecule has 3 heterocycles. The van der Waals surface area contributed by atoms with Gasteiger partial charge in [-0.15, -0.1) is 11.3 Å². The lowest BCUT2D eigenvalue weighted by atomic mass is 10.2. The molecule has 0 radical (unpaired) electrons. The van der Waals surface area contributed by atoms with Crippen LogP contribution in [0, 0.1) is 6.92 Å². The van der Waals surface area contributed by atoms with Crippen molar-refractivity contribution in [1.82, 2.24) is 24.5 Å². The quantitative estimate of drug-likeness (QED) is 0.655. The number of nitrogens with zero attached hydrogens (tertiary/aromatic N) is 5. The number of carbonyl (C=O) groups is 2. The number of carbonyl (C=O) groups excluding carboxylic acids is 1. The lowest BCUT2D eigenvalue weighted by Crippen LogP contribution is -2.13. The summed E-state index contributed by atoms with van der Waals surface area (Å²) in [5, 5.41) is 22.2. The molecule has 9 nitrogen and oxygen atoms in total. The lowest BCUT2D eigenvalue weighted by Gasteiger charge is -1.99. The van der Waals surface area contributed by atoms with E-state index in [1.807, 2.05) is 30.1 Å². The number of anilines is 1. The van der Waals surface area contributed by atoms with Crippen LogP contribution in [0.25, 0.3) is 11.3 Å². The highest BCUT2D eigenvalue weighted by atomic mass is 32.1. The predicted molar refractivity (Wildman–Crippen MR) is 96.2 cm³/mol. The molecule has 3 aromatic heterocycles. The van der Waals surface area contributed by atoms with E-state index >= 15 is 0 Å². The van der Waals surface area contributed by atoms with E-state index in [1.54, 1.807) is 12.3 Å². The Hall–Kier alpha value is -3.01. The highest BCUT2D eigenvalue weighted by Crippen LogP contribution is 2.27. The van der Waals surface area contributed by atoms with Gasteiger partial charge < -0.3 is 5.11 Å². The minimum Gasteiger partial charge on any atom is -0.481 e. The Morgan fingerprint density at radius 3 is 2.81 bits per heavy atom. The second-order valence-corrected chi connectivity index (χ2v) is 6.44. The van der Waals surface area contributed by atoms with E-state index in [2.05, 4.69) is 20.5 Å². The molecule has 136 valence electrons. The van der Waals surface area contributed by atoms with Gasteiger partial charge in [-0.3, -0.25) is 24.3 Å². The van der Waals surface area contributed by atoms with Crippen molar-refractivity contribution in [3.63, 3.8) is 0 Å². The summed E-state index contributed by atoms with van der Waals surface area (Å²) in [6.45, 7) is 4.92. The molecule has 3 aromatic rings. The normalized spacial score (nSPS) is 10.8. The summed E-state index contributed by atoms with van der Waals surface area (Å²) in [5.74, 6) is -1.30. The third-order valence-electron chi connectivity index (χ3n) is 3.70. The van der Waals surface area contributed by atoms with Crippen molar-refractivity contribution in [2.45, 2.75) is 33.4 Å². The Balaban J connectivity index is 1.68. The molecule has 10 heteroatoms. The molecular formula is C16H18N6O3S. The topological polar surface area (TPSA) is 115 Å². The van der Waals surface area contributed by atoms with Crippen LogP contribution in [-0.4, -0.2) is 41.5 Å². The fourth-order valence-corrected chi connectivity index (χ4v) is 3.07. The van der Waals surface area contributed by atoms with E-state index in [-0.39, 0.29) is 24.6 Å². The summed E-state index contributed by atoms with van der Waals surface area (Å²) in [5.41, 5.74) is 2.78. The van der Waals surface area contributed by atoms with Crippen LogP contribution in [-0.2, 0) is 17.9 Å². The Morgan fingerprint density at radius 2 is 2.12 bits per heavy atom. The summed E-state index contributed by atoms with van der Waals surface area (Å²) >= 11 is 1.32. The maximum absolute atomic E-state index is 12.3. The predicted octanol–water partition coefficient (Wildman–Crippen LogP) is 2.26. The first kappa shape index (κ1) is 17.8. The van der Waals surface area contributed by atoms with Crippen molar-refractivity contribution in [2.24, 2.45) is 0 Å². The summed E-state index contributed by atoms with van der Waals surface area (Å²) in [7, 11) is 0.